The third kappa shape index (κ3) is 4.98. The van der Waals surface area contributed by atoms with E-state index in [9.17, 15) is 9.59 Å². The summed E-state index contributed by atoms with van der Waals surface area (Å²) in [6.07, 6.45) is 0.734. The maximum Gasteiger partial charge on any atom is 0.304 e. The number of nitrogens with zero attached hydrogens (tertiary/aromatic N) is 3. The highest BCUT2D eigenvalue weighted by Gasteiger charge is 2.32. The lowest BCUT2D eigenvalue weighted by Gasteiger charge is -2.31. The van der Waals surface area contributed by atoms with E-state index in [0.29, 0.717) is 28.5 Å². The molecule has 8 nitrogen and oxygen atoms in total. The summed E-state index contributed by atoms with van der Waals surface area (Å²) in [6.45, 7) is 0. The SMILES string of the molecule is COc1ccc(C2=NN(C(NC(=O)c3ccccn3)c3ccccc3)C(=O)SC2)cc1OC. The summed E-state index contributed by atoms with van der Waals surface area (Å²) in [5.74, 6) is 1.15. The molecule has 0 saturated heterocycles. The molecule has 1 aliphatic heterocycles. The summed E-state index contributed by atoms with van der Waals surface area (Å²) in [5, 5.41) is 8.57. The molecule has 0 radical (unpaired) electrons. The standard InChI is InChI=1S/C24H22N4O4S/c1-31-20-12-11-17(14-21(20)32-2)19-15-33-24(30)28(27-19)22(16-8-4-3-5-9-16)26-23(29)18-10-6-7-13-25-18/h3-14,22H,15H2,1-2H3,(H,26,29). The number of carbonyl (C=O) groups is 2. The van der Waals surface area contributed by atoms with Gasteiger partial charge in [0.15, 0.2) is 17.7 Å². The van der Waals surface area contributed by atoms with Crippen LogP contribution in [0.25, 0.3) is 0 Å². The van der Waals surface area contributed by atoms with Gasteiger partial charge in [0.1, 0.15) is 5.69 Å². The molecule has 3 aromatic rings. The van der Waals surface area contributed by atoms with Crippen LogP contribution in [0.15, 0.2) is 78.0 Å². The zero-order valence-corrected chi connectivity index (χ0v) is 18.9. The number of hydrogen-bond donors (Lipinski definition) is 1. The first-order valence-electron chi connectivity index (χ1n) is 10.1. The molecule has 168 valence electrons. The number of amides is 2. The van der Waals surface area contributed by atoms with Gasteiger partial charge in [-0.25, -0.2) is 0 Å². The zero-order valence-electron chi connectivity index (χ0n) is 18.1. The van der Waals surface area contributed by atoms with E-state index in [-0.39, 0.29) is 10.9 Å². The number of rotatable bonds is 7. The Morgan fingerprint density at radius 3 is 2.48 bits per heavy atom. The van der Waals surface area contributed by atoms with Crippen LogP contribution in [0.3, 0.4) is 0 Å². The van der Waals surface area contributed by atoms with Crippen molar-refractivity contribution < 1.29 is 19.1 Å². The van der Waals surface area contributed by atoms with Crippen molar-refractivity contribution >= 4 is 28.6 Å². The number of hydrazone groups is 1. The quantitative estimate of drug-likeness (QED) is 0.568. The molecule has 2 heterocycles. The van der Waals surface area contributed by atoms with Crippen LogP contribution in [0, 0.1) is 0 Å². The van der Waals surface area contributed by atoms with Crippen molar-refractivity contribution in [2.45, 2.75) is 6.17 Å². The lowest BCUT2D eigenvalue weighted by atomic mass is 10.1. The lowest BCUT2D eigenvalue weighted by Crippen LogP contribution is -2.43. The van der Waals surface area contributed by atoms with Crippen LogP contribution in [0.5, 0.6) is 11.5 Å². The molecule has 1 N–H and O–H groups in total. The van der Waals surface area contributed by atoms with Crippen LogP contribution in [-0.4, -0.2) is 46.8 Å². The summed E-state index contributed by atoms with van der Waals surface area (Å²) in [5.41, 5.74) is 2.43. The highest BCUT2D eigenvalue weighted by atomic mass is 32.2. The number of methoxy groups -OCH3 is 2. The third-order valence-electron chi connectivity index (χ3n) is 4.99. The van der Waals surface area contributed by atoms with Gasteiger partial charge in [-0.15, -0.1) is 0 Å². The molecule has 0 fully saturated rings. The Bertz CT molecular complexity index is 1170. The molecular formula is C24H22N4O4S. The minimum atomic E-state index is -0.809. The Hall–Kier alpha value is -3.85. The molecular weight excluding hydrogens is 440 g/mol. The fourth-order valence-electron chi connectivity index (χ4n) is 3.33. The molecule has 9 heteroatoms. The molecule has 0 aliphatic carbocycles. The van der Waals surface area contributed by atoms with Crippen LogP contribution in [0.1, 0.15) is 27.8 Å². The Labute approximate surface area is 195 Å². The van der Waals surface area contributed by atoms with Crippen molar-refractivity contribution in [1.82, 2.24) is 15.3 Å². The van der Waals surface area contributed by atoms with Gasteiger partial charge in [-0.2, -0.15) is 10.1 Å². The minimum absolute atomic E-state index is 0.250. The van der Waals surface area contributed by atoms with E-state index in [1.807, 2.05) is 42.5 Å². The number of carbonyl (C=O) groups excluding carboxylic acids is 2. The number of benzene rings is 2. The molecule has 4 rings (SSSR count). The summed E-state index contributed by atoms with van der Waals surface area (Å²) in [6, 6.07) is 19.8. The van der Waals surface area contributed by atoms with Gasteiger partial charge in [0, 0.05) is 17.5 Å². The highest BCUT2D eigenvalue weighted by molar-refractivity contribution is 8.14. The smallest absolute Gasteiger partial charge is 0.304 e. The summed E-state index contributed by atoms with van der Waals surface area (Å²) >= 11 is 1.12. The maximum atomic E-state index is 12.9. The second-order valence-electron chi connectivity index (χ2n) is 7.02. The Balaban J connectivity index is 1.71. The second kappa shape index (κ2) is 10.2. The molecule has 2 aromatic carbocycles. The average Bonchev–Trinajstić information content (AvgIpc) is 2.88. The van der Waals surface area contributed by atoms with Crippen molar-refractivity contribution in [1.29, 1.82) is 0 Å². The van der Waals surface area contributed by atoms with Gasteiger partial charge in [0.25, 0.3) is 5.91 Å². The van der Waals surface area contributed by atoms with Gasteiger partial charge >= 0.3 is 5.24 Å². The van der Waals surface area contributed by atoms with Gasteiger partial charge in [0.2, 0.25) is 0 Å². The fraction of sp³-hybridized carbons (Fsp3) is 0.167. The number of pyridine rings is 1. The molecule has 1 unspecified atom stereocenters. The molecule has 1 aromatic heterocycles. The molecule has 0 spiro atoms. The number of nitrogens with one attached hydrogen (secondary N) is 1. The second-order valence-corrected chi connectivity index (χ2v) is 7.94. The highest BCUT2D eigenvalue weighted by Crippen LogP contribution is 2.31. The van der Waals surface area contributed by atoms with Crippen molar-refractivity contribution in [3.63, 3.8) is 0 Å². The van der Waals surface area contributed by atoms with Crippen molar-refractivity contribution in [3.05, 3.63) is 89.7 Å². The van der Waals surface area contributed by atoms with E-state index < -0.39 is 12.1 Å². The number of thioether (sulfide) groups is 1. The van der Waals surface area contributed by atoms with Gasteiger partial charge in [-0.3, -0.25) is 14.6 Å². The van der Waals surface area contributed by atoms with Crippen LogP contribution in [0.2, 0.25) is 0 Å². The molecule has 2 amide bonds. The summed E-state index contributed by atoms with van der Waals surface area (Å²) in [7, 11) is 3.13. The molecule has 0 saturated carbocycles. The molecule has 1 aliphatic rings. The first kappa shape index (κ1) is 22.3. The summed E-state index contributed by atoms with van der Waals surface area (Å²) < 4.78 is 10.7. The largest absolute Gasteiger partial charge is 0.493 e. The van der Waals surface area contributed by atoms with Crippen LogP contribution in [-0.2, 0) is 0 Å². The van der Waals surface area contributed by atoms with Crippen LogP contribution < -0.4 is 14.8 Å². The van der Waals surface area contributed by atoms with E-state index in [1.54, 1.807) is 44.7 Å². The van der Waals surface area contributed by atoms with Crippen LogP contribution in [0.4, 0.5) is 4.79 Å². The van der Waals surface area contributed by atoms with Crippen LogP contribution >= 0.6 is 11.8 Å². The number of ether oxygens (including phenoxy) is 2. The Morgan fingerprint density at radius 1 is 1.03 bits per heavy atom. The third-order valence-corrected chi connectivity index (χ3v) is 5.84. The van der Waals surface area contributed by atoms with Gasteiger partial charge in [-0.1, -0.05) is 48.2 Å². The van der Waals surface area contributed by atoms with E-state index >= 15 is 0 Å². The lowest BCUT2D eigenvalue weighted by molar-refractivity contribution is 0.0882. The Kier molecular flexibility index (Phi) is 6.89. The van der Waals surface area contributed by atoms with E-state index in [2.05, 4.69) is 15.4 Å². The maximum absolute atomic E-state index is 12.9. The van der Waals surface area contributed by atoms with Crippen molar-refractivity contribution in [2.24, 2.45) is 5.10 Å². The normalized spacial score (nSPS) is 14.3. The van der Waals surface area contributed by atoms with Crippen molar-refractivity contribution in [3.8, 4) is 11.5 Å². The van der Waals surface area contributed by atoms with Crippen molar-refractivity contribution in [2.75, 3.05) is 20.0 Å². The summed E-state index contributed by atoms with van der Waals surface area (Å²) in [4.78, 5) is 29.9. The Morgan fingerprint density at radius 2 is 1.79 bits per heavy atom. The van der Waals surface area contributed by atoms with E-state index in [0.717, 1.165) is 17.3 Å². The molecule has 1 atom stereocenters. The first-order valence-corrected chi connectivity index (χ1v) is 11.1. The molecule has 0 bridgehead atoms. The molecule has 33 heavy (non-hydrogen) atoms. The van der Waals surface area contributed by atoms with E-state index in [4.69, 9.17) is 9.47 Å². The van der Waals surface area contributed by atoms with Gasteiger partial charge in [0.05, 0.1) is 19.9 Å². The monoisotopic (exact) mass is 462 g/mol. The topological polar surface area (TPSA) is 93.1 Å². The van der Waals surface area contributed by atoms with E-state index in [1.165, 1.54) is 5.01 Å². The average molecular weight is 463 g/mol. The number of hydrogen-bond acceptors (Lipinski definition) is 7. The first-order chi connectivity index (χ1) is 16.1. The van der Waals surface area contributed by atoms with Gasteiger partial charge in [-0.05, 0) is 35.9 Å². The van der Waals surface area contributed by atoms with Gasteiger partial charge < -0.3 is 14.8 Å². The fourth-order valence-corrected chi connectivity index (χ4v) is 4.10. The zero-order chi connectivity index (χ0) is 23.2. The minimum Gasteiger partial charge on any atom is -0.493 e. The predicted molar refractivity (Wildman–Crippen MR) is 127 cm³/mol. The number of aromatic nitrogens is 1. The predicted octanol–water partition coefficient (Wildman–Crippen LogP) is 4.10.